The Morgan fingerprint density at radius 2 is 1.75 bits per heavy atom. The Balaban J connectivity index is -0.000000200. The number of carboxylic acid groups (broad SMARTS) is 1. The highest BCUT2D eigenvalue weighted by Gasteiger charge is 1.98. The Bertz CT molecular complexity index is 196. The number of aliphatic hydroxyl groups is 1. The van der Waals surface area contributed by atoms with E-state index in [1.165, 1.54) is 6.92 Å². The summed E-state index contributed by atoms with van der Waals surface area (Å²) >= 11 is 0. The Hall–Kier alpha value is -0.664. The van der Waals surface area contributed by atoms with Gasteiger partial charge < -0.3 is 14.9 Å². The number of hydrogen-bond acceptors (Lipinski definition) is 5. The molecule has 0 saturated carbocycles. The summed E-state index contributed by atoms with van der Waals surface area (Å²) in [5.41, 5.74) is 0. The maximum atomic E-state index is 10.3. The van der Waals surface area contributed by atoms with Gasteiger partial charge in [0.1, 0.15) is 12.2 Å². The lowest BCUT2D eigenvalue weighted by Crippen LogP contribution is -2.03. The largest absolute Gasteiger partial charge is 0.481 e. The predicted molar refractivity (Wildman–Crippen MR) is 59.6 cm³/mol. The molecule has 7 heteroatoms. The zero-order valence-electron chi connectivity index (χ0n) is 8.86. The lowest BCUT2D eigenvalue weighted by Gasteiger charge is -1.95. The molecule has 0 bridgehead atoms. The van der Waals surface area contributed by atoms with E-state index in [1.54, 1.807) is 0 Å². The molecule has 0 aliphatic heterocycles. The molecule has 92 valence electrons. The van der Waals surface area contributed by atoms with Gasteiger partial charge in [0.25, 0.3) is 0 Å². The van der Waals surface area contributed by atoms with Crippen molar-refractivity contribution in [2.75, 3.05) is 6.79 Å². The van der Waals surface area contributed by atoms with Crippen LogP contribution < -0.4 is 0 Å². The molecule has 0 atom stereocenters. The van der Waals surface area contributed by atoms with Gasteiger partial charge >= 0.3 is 35.0 Å². The number of aliphatic carboxylic acids is 1. The average molecular weight is 247 g/mol. The van der Waals surface area contributed by atoms with Gasteiger partial charge in [-0.25, -0.2) is 0 Å². The number of ketones is 1. The minimum Gasteiger partial charge on any atom is -0.481 e. The third-order valence-corrected chi connectivity index (χ3v) is 1.08. The highest BCUT2D eigenvalue weighted by molar-refractivity contribution is 5.93. The molecular weight excluding hydrogens is 228 g/mol. The number of Topliss-reactive ketones (excluding diaryl/α,β-unsaturated/α-hetero) is 1. The van der Waals surface area contributed by atoms with Crippen LogP contribution in [0.2, 0.25) is 0 Å². The van der Waals surface area contributed by atoms with Crippen molar-refractivity contribution in [2.45, 2.75) is 33.1 Å². The monoisotopic (exact) mass is 246 g/mol. The Kier molecular flexibility index (Phi) is 18.6. The Morgan fingerprint density at radius 1 is 1.25 bits per heavy atom. The van der Waals surface area contributed by atoms with Crippen molar-refractivity contribution < 1.29 is 29.3 Å². The fourth-order valence-electron chi connectivity index (χ4n) is 0.561. The van der Waals surface area contributed by atoms with Gasteiger partial charge in [-0.15, -0.1) is 0 Å². The van der Waals surface area contributed by atoms with Crippen LogP contribution in [0.3, 0.4) is 0 Å². The predicted octanol–water partition coefficient (Wildman–Crippen LogP) is -0.587. The summed E-state index contributed by atoms with van der Waals surface area (Å²) in [5.74, 6) is -1.71. The first-order valence-electron chi connectivity index (χ1n) is 4.41. The Morgan fingerprint density at radius 3 is 1.94 bits per heavy atom. The first-order valence-corrected chi connectivity index (χ1v) is 4.41. The van der Waals surface area contributed by atoms with E-state index < -0.39 is 12.8 Å². The SMILES string of the molecule is CC(=O)CC(=O)O.CCCC(=O)OCO.[MgH2]. The smallest absolute Gasteiger partial charge is 0.316 e. The van der Waals surface area contributed by atoms with Crippen LogP contribution in [0.5, 0.6) is 0 Å². The van der Waals surface area contributed by atoms with Gasteiger partial charge in [-0.3, -0.25) is 14.4 Å². The van der Waals surface area contributed by atoms with Crippen molar-refractivity contribution in [1.82, 2.24) is 0 Å². The van der Waals surface area contributed by atoms with Crippen LogP contribution in [0.4, 0.5) is 0 Å². The molecule has 0 saturated heterocycles. The van der Waals surface area contributed by atoms with Gasteiger partial charge in [0.2, 0.25) is 0 Å². The molecule has 2 N–H and O–H groups in total. The lowest BCUT2D eigenvalue weighted by molar-refractivity contribution is -0.151. The number of hydrogen-bond donors (Lipinski definition) is 2. The van der Waals surface area contributed by atoms with Gasteiger partial charge in [0.15, 0.2) is 6.79 Å². The first-order chi connectivity index (χ1) is 6.93. The van der Waals surface area contributed by atoms with Gasteiger partial charge in [-0.2, -0.15) is 0 Å². The van der Waals surface area contributed by atoms with Gasteiger partial charge in [0, 0.05) is 6.42 Å². The van der Waals surface area contributed by atoms with Gasteiger partial charge in [-0.1, -0.05) is 6.92 Å². The number of aliphatic hydroxyl groups excluding tert-OH is 1. The number of carbonyl (C=O) groups is 3. The zero-order valence-corrected chi connectivity index (χ0v) is 8.86. The van der Waals surface area contributed by atoms with E-state index in [0.717, 1.165) is 6.42 Å². The van der Waals surface area contributed by atoms with Crippen molar-refractivity contribution in [3.05, 3.63) is 0 Å². The van der Waals surface area contributed by atoms with Crippen molar-refractivity contribution in [3.8, 4) is 0 Å². The molecule has 0 fully saturated rings. The number of esters is 1. The molecule has 0 aromatic heterocycles. The molecular formula is C9H18MgO6. The minimum absolute atomic E-state index is 0. The van der Waals surface area contributed by atoms with Gasteiger partial charge in [-0.05, 0) is 13.3 Å². The fourth-order valence-corrected chi connectivity index (χ4v) is 0.561. The van der Waals surface area contributed by atoms with Crippen LogP contribution in [-0.2, 0) is 19.1 Å². The highest BCUT2D eigenvalue weighted by Crippen LogP contribution is 1.88. The van der Waals surface area contributed by atoms with Gasteiger partial charge in [0.05, 0.1) is 0 Å². The second-order valence-corrected chi connectivity index (χ2v) is 2.67. The van der Waals surface area contributed by atoms with Crippen molar-refractivity contribution in [2.24, 2.45) is 0 Å². The third-order valence-electron chi connectivity index (χ3n) is 1.08. The molecule has 6 nitrogen and oxygen atoms in total. The Labute approximate surface area is 110 Å². The molecule has 0 unspecified atom stereocenters. The summed E-state index contributed by atoms with van der Waals surface area (Å²) in [6.07, 6.45) is 0.791. The molecule has 0 spiro atoms. The van der Waals surface area contributed by atoms with Crippen molar-refractivity contribution in [3.63, 3.8) is 0 Å². The zero-order chi connectivity index (χ0) is 12.3. The number of rotatable bonds is 5. The van der Waals surface area contributed by atoms with Crippen LogP contribution >= 0.6 is 0 Å². The third kappa shape index (κ3) is 23.3. The second-order valence-electron chi connectivity index (χ2n) is 2.67. The second kappa shape index (κ2) is 14.3. The van der Waals surface area contributed by atoms with E-state index in [1.807, 2.05) is 6.92 Å². The van der Waals surface area contributed by atoms with E-state index in [4.69, 9.17) is 10.2 Å². The fraction of sp³-hybridized carbons (Fsp3) is 0.667. The highest BCUT2D eigenvalue weighted by atomic mass is 24.3. The molecule has 0 rings (SSSR count). The molecule has 0 aliphatic rings. The maximum absolute atomic E-state index is 10.3. The van der Waals surface area contributed by atoms with E-state index >= 15 is 0 Å². The minimum atomic E-state index is -1.06. The van der Waals surface area contributed by atoms with Crippen LogP contribution in [0, 0.1) is 0 Å². The molecule has 0 amide bonds. The van der Waals surface area contributed by atoms with E-state index in [0.29, 0.717) is 6.42 Å². The van der Waals surface area contributed by atoms with E-state index in [2.05, 4.69) is 4.74 Å². The summed E-state index contributed by atoms with van der Waals surface area (Å²) in [7, 11) is 0. The summed E-state index contributed by atoms with van der Waals surface area (Å²) in [5, 5.41) is 15.9. The van der Waals surface area contributed by atoms with Crippen LogP contribution in [-0.4, -0.2) is 57.8 Å². The summed E-state index contributed by atoms with van der Waals surface area (Å²) in [4.78, 5) is 29.7. The summed E-state index contributed by atoms with van der Waals surface area (Å²) in [6.45, 7) is 2.62. The first kappa shape index (κ1) is 20.7. The standard InChI is InChI=1S/C5H10O3.C4H6O3.Mg.2H/c1-2-3-5(7)8-4-6;1-3(5)2-4(6)7;;;/h6H,2-4H2,1H3;2H2,1H3,(H,6,7);;;. The van der Waals surface area contributed by atoms with E-state index in [9.17, 15) is 14.4 Å². The van der Waals surface area contributed by atoms with E-state index in [-0.39, 0.29) is 41.2 Å². The molecule has 0 radical (unpaired) electrons. The summed E-state index contributed by atoms with van der Waals surface area (Å²) in [6, 6.07) is 0. The summed E-state index contributed by atoms with van der Waals surface area (Å²) < 4.78 is 4.20. The number of carboxylic acids is 1. The number of ether oxygens (including phenoxy) is 1. The quantitative estimate of drug-likeness (QED) is 0.291. The van der Waals surface area contributed by atoms with Crippen LogP contribution in [0.25, 0.3) is 0 Å². The molecule has 0 heterocycles. The van der Waals surface area contributed by atoms with Crippen molar-refractivity contribution in [1.29, 1.82) is 0 Å². The topological polar surface area (TPSA) is 101 Å². The maximum Gasteiger partial charge on any atom is 0.316 e. The lowest BCUT2D eigenvalue weighted by atomic mass is 10.3. The number of carbonyl (C=O) groups excluding carboxylic acids is 2. The van der Waals surface area contributed by atoms with Crippen molar-refractivity contribution >= 4 is 40.8 Å². The molecule has 0 aliphatic carbocycles. The normalized spacial score (nSPS) is 7.94. The van der Waals surface area contributed by atoms with Crippen LogP contribution in [0.1, 0.15) is 33.1 Å². The molecule has 16 heavy (non-hydrogen) atoms. The average Bonchev–Trinajstić information content (AvgIpc) is 2.03. The molecule has 0 aromatic carbocycles. The van der Waals surface area contributed by atoms with Crippen LogP contribution in [0.15, 0.2) is 0 Å². The molecule has 0 aromatic rings.